The van der Waals surface area contributed by atoms with E-state index in [0.29, 0.717) is 35.5 Å². The van der Waals surface area contributed by atoms with Crippen LogP contribution in [0.4, 0.5) is 0 Å². The zero-order chi connectivity index (χ0) is 19.6. The number of aromatic nitrogens is 1. The van der Waals surface area contributed by atoms with Gasteiger partial charge in [0, 0.05) is 33.2 Å². The van der Waals surface area contributed by atoms with Gasteiger partial charge in [-0.15, -0.1) is 0 Å². The van der Waals surface area contributed by atoms with Crippen molar-refractivity contribution in [3.8, 4) is 0 Å². The van der Waals surface area contributed by atoms with Crippen LogP contribution in [0.2, 0.25) is 0 Å². The number of piperidine rings is 2. The second-order valence-electron chi connectivity index (χ2n) is 8.15. The van der Waals surface area contributed by atoms with Gasteiger partial charge in [-0.1, -0.05) is 11.6 Å². The summed E-state index contributed by atoms with van der Waals surface area (Å²) in [6, 6.07) is 0.457. The van der Waals surface area contributed by atoms with E-state index in [2.05, 4.69) is 10.1 Å². The summed E-state index contributed by atoms with van der Waals surface area (Å²) in [5.41, 5.74) is 1.28. The van der Waals surface area contributed by atoms with Crippen LogP contribution in [0.5, 0.6) is 0 Å². The lowest BCUT2D eigenvalue weighted by Gasteiger charge is -2.43. The van der Waals surface area contributed by atoms with Crippen LogP contribution in [0.3, 0.4) is 0 Å². The van der Waals surface area contributed by atoms with E-state index in [1.165, 1.54) is 12.8 Å². The Morgan fingerprint density at radius 1 is 1.11 bits per heavy atom. The summed E-state index contributed by atoms with van der Waals surface area (Å²) >= 11 is 0. The monoisotopic (exact) mass is 376 g/mol. The number of carbonyl (C=O) groups is 2. The minimum Gasteiger partial charge on any atom is -0.361 e. The van der Waals surface area contributed by atoms with Gasteiger partial charge in [-0.2, -0.15) is 0 Å². The van der Waals surface area contributed by atoms with Gasteiger partial charge in [-0.05, 0) is 52.0 Å². The second kappa shape index (κ2) is 8.42. The van der Waals surface area contributed by atoms with Gasteiger partial charge in [0.1, 0.15) is 11.3 Å². The Kier molecular flexibility index (Phi) is 6.19. The highest BCUT2D eigenvalue weighted by Crippen LogP contribution is 2.31. The molecule has 0 N–H and O–H groups in total. The summed E-state index contributed by atoms with van der Waals surface area (Å²) in [4.78, 5) is 31.0. The molecule has 1 atom stereocenters. The molecule has 1 aromatic rings. The molecule has 0 aromatic carbocycles. The molecule has 2 amide bonds. The third-order valence-electron chi connectivity index (χ3n) is 6.12. The molecule has 0 bridgehead atoms. The minimum absolute atomic E-state index is 0.0352. The molecule has 1 aromatic heterocycles. The molecule has 2 fully saturated rings. The van der Waals surface area contributed by atoms with Gasteiger partial charge < -0.3 is 14.3 Å². The van der Waals surface area contributed by atoms with Gasteiger partial charge >= 0.3 is 0 Å². The number of nitrogens with zero attached hydrogens (tertiary/aromatic N) is 4. The number of hydrogen-bond donors (Lipinski definition) is 0. The number of amides is 2. The Bertz CT molecular complexity index is 657. The van der Waals surface area contributed by atoms with Gasteiger partial charge in [0.2, 0.25) is 5.91 Å². The molecule has 150 valence electrons. The Morgan fingerprint density at radius 2 is 1.81 bits per heavy atom. The van der Waals surface area contributed by atoms with Crippen LogP contribution in [0, 0.1) is 19.8 Å². The van der Waals surface area contributed by atoms with Crippen molar-refractivity contribution in [3.05, 3.63) is 17.0 Å². The molecule has 3 rings (SSSR count). The SMILES string of the molecule is Cc1noc(C)c1C(=O)N1CCC(C2CCCCN2CC(=O)N(C)C)CC1. The molecule has 7 nitrogen and oxygen atoms in total. The van der Waals surface area contributed by atoms with E-state index >= 15 is 0 Å². The van der Waals surface area contributed by atoms with Crippen LogP contribution in [-0.2, 0) is 4.79 Å². The molecule has 0 radical (unpaired) electrons. The molecule has 2 aliphatic heterocycles. The van der Waals surface area contributed by atoms with Crippen LogP contribution in [-0.4, -0.2) is 78.0 Å². The fourth-order valence-electron chi connectivity index (χ4n) is 4.50. The average molecular weight is 377 g/mol. The van der Waals surface area contributed by atoms with E-state index < -0.39 is 0 Å². The zero-order valence-electron chi connectivity index (χ0n) is 17.0. The third kappa shape index (κ3) is 4.34. The molecule has 2 saturated heterocycles. The highest BCUT2D eigenvalue weighted by Gasteiger charge is 2.35. The molecule has 0 spiro atoms. The van der Waals surface area contributed by atoms with Crippen LogP contribution in [0.25, 0.3) is 0 Å². The minimum atomic E-state index is 0.0352. The first-order valence-corrected chi connectivity index (χ1v) is 10.0. The van der Waals surface area contributed by atoms with Gasteiger partial charge in [0.25, 0.3) is 5.91 Å². The maximum absolute atomic E-state index is 12.8. The predicted octanol–water partition coefficient (Wildman–Crippen LogP) is 2.09. The van der Waals surface area contributed by atoms with Crippen molar-refractivity contribution in [1.82, 2.24) is 19.9 Å². The molecule has 7 heteroatoms. The number of hydrogen-bond acceptors (Lipinski definition) is 5. The second-order valence-corrected chi connectivity index (χ2v) is 8.15. The van der Waals surface area contributed by atoms with Crippen molar-refractivity contribution in [2.75, 3.05) is 40.3 Å². The van der Waals surface area contributed by atoms with Crippen molar-refractivity contribution >= 4 is 11.8 Å². The van der Waals surface area contributed by atoms with Crippen LogP contribution >= 0.6 is 0 Å². The summed E-state index contributed by atoms with van der Waals surface area (Å²) in [6.07, 6.45) is 5.54. The van der Waals surface area contributed by atoms with Gasteiger partial charge in [-0.25, -0.2) is 0 Å². The van der Waals surface area contributed by atoms with E-state index in [1.807, 2.05) is 25.9 Å². The normalized spacial score (nSPS) is 22.1. The number of rotatable bonds is 4. The van der Waals surface area contributed by atoms with E-state index in [9.17, 15) is 9.59 Å². The van der Waals surface area contributed by atoms with E-state index in [1.54, 1.807) is 11.8 Å². The van der Waals surface area contributed by atoms with E-state index in [-0.39, 0.29) is 11.8 Å². The number of likely N-dealkylation sites (N-methyl/N-ethyl adjacent to an activating group) is 1. The first-order valence-electron chi connectivity index (χ1n) is 10.0. The molecule has 2 aliphatic rings. The topological polar surface area (TPSA) is 69.9 Å². The van der Waals surface area contributed by atoms with E-state index in [4.69, 9.17) is 4.52 Å². The summed E-state index contributed by atoms with van der Waals surface area (Å²) < 4.78 is 5.15. The van der Waals surface area contributed by atoms with Gasteiger partial charge in [-0.3, -0.25) is 14.5 Å². The summed E-state index contributed by atoms with van der Waals surface area (Å²) in [6.45, 7) is 6.65. The largest absolute Gasteiger partial charge is 0.361 e. The fraction of sp³-hybridized carbons (Fsp3) is 0.750. The average Bonchev–Trinajstić information content (AvgIpc) is 3.00. The lowest BCUT2D eigenvalue weighted by Crippen LogP contribution is -2.51. The predicted molar refractivity (Wildman–Crippen MR) is 103 cm³/mol. The summed E-state index contributed by atoms with van der Waals surface area (Å²) in [7, 11) is 3.64. The van der Waals surface area contributed by atoms with Crippen LogP contribution < -0.4 is 0 Å². The van der Waals surface area contributed by atoms with Crippen molar-refractivity contribution < 1.29 is 14.1 Å². The fourth-order valence-corrected chi connectivity index (χ4v) is 4.50. The maximum Gasteiger partial charge on any atom is 0.259 e. The Labute approximate surface area is 161 Å². The molecule has 1 unspecified atom stereocenters. The number of likely N-dealkylation sites (tertiary alicyclic amines) is 2. The van der Waals surface area contributed by atoms with Crippen molar-refractivity contribution in [3.63, 3.8) is 0 Å². The first-order chi connectivity index (χ1) is 12.9. The molecule has 27 heavy (non-hydrogen) atoms. The summed E-state index contributed by atoms with van der Waals surface area (Å²) in [5.74, 6) is 1.36. The molecule has 0 aliphatic carbocycles. The van der Waals surface area contributed by atoms with Crippen molar-refractivity contribution in [2.24, 2.45) is 5.92 Å². The molecular weight excluding hydrogens is 344 g/mol. The molecular formula is C20H32N4O3. The molecule has 3 heterocycles. The standard InChI is InChI=1S/C20H32N4O3/c1-14-19(15(2)27-21-14)20(26)23-11-8-16(9-12-23)17-7-5-6-10-24(17)13-18(25)22(3)4/h16-17H,5-13H2,1-4H3. The maximum atomic E-state index is 12.8. The Balaban J connectivity index is 1.60. The van der Waals surface area contributed by atoms with Crippen molar-refractivity contribution in [2.45, 2.75) is 52.0 Å². The lowest BCUT2D eigenvalue weighted by atomic mass is 9.83. The third-order valence-corrected chi connectivity index (χ3v) is 6.12. The zero-order valence-corrected chi connectivity index (χ0v) is 17.0. The van der Waals surface area contributed by atoms with Crippen LogP contribution in [0.15, 0.2) is 4.52 Å². The summed E-state index contributed by atoms with van der Waals surface area (Å²) in [5, 5.41) is 3.91. The van der Waals surface area contributed by atoms with Crippen LogP contribution in [0.1, 0.15) is 53.9 Å². The Morgan fingerprint density at radius 3 is 2.41 bits per heavy atom. The quantitative estimate of drug-likeness (QED) is 0.805. The first kappa shape index (κ1) is 19.9. The van der Waals surface area contributed by atoms with E-state index in [0.717, 1.165) is 38.9 Å². The molecule has 0 saturated carbocycles. The number of aryl methyl sites for hydroxylation is 2. The van der Waals surface area contributed by atoms with Crippen molar-refractivity contribution in [1.29, 1.82) is 0 Å². The smallest absolute Gasteiger partial charge is 0.259 e. The highest BCUT2D eigenvalue weighted by molar-refractivity contribution is 5.96. The number of carbonyl (C=O) groups excluding carboxylic acids is 2. The highest BCUT2D eigenvalue weighted by atomic mass is 16.5. The van der Waals surface area contributed by atoms with Gasteiger partial charge in [0.05, 0.1) is 12.2 Å². The lowest BCUT2D eigenvalue weighted by molar-refractivity contribution is -0.131. The van der Waals surface area contributed by atoms with Gasteiger partial charge in [0.15, 0.2) is 0 Å². The Hall–Kier alpha value is -1.89.